The summed E-state index contributed by atoms with van der Waals surface area (Å²) in [4.78, 5) is 22.0. The minimum atomic E-state index is -0.296. The normalized spacial score (nSPS) is 29.4. The summed E-state index contributed by atoms with van der Waals surface area (Å²) in [6.07, 6.45) is 6.34. The molecule has 124 valence electrons. The Bertz CT molecular complexity index is 788. The average molecular weight is 358 g/mol. The molecule has 8 heteroatoms. The lowest BCUT2D eigenvalue weighted by molar-refractivity contribution is 0.394. The van der Waals surface area contributed by atoms with Crippen LogP contribution in [0.15, 0.2) is 29.0 Å². The van der Waals surface area contributed by atoms with Crippen molar-refractivity contribution >= 4 is 34.2 Å². The highest BCUT2D eigenvalue weighted by Crippen LogP contribution is 2.47. The van der Waals surface area contributed by atoms with Crippen molar-refractivity contribution in [3.8, 4) is 0 Å². The zero-order chi connectivity index (χ0) is 16.1. The summed E-state index contributed by atoms with van der Waals surface area (Å²) < 4.78 is 0. The number of hydrogen-bond acceptors (Lipinski definition) is 8. The van der Waals surface area contributed by atoms with Gasteiger partial charge in [0.2, 0.25) is 5.95 Å². The van der Waals surface area contributed by atoms with Crippen LogP contribution >= 0.6 is 23.1 Å². The summed E-state index contributed by atoms with van der Waals surface area (Å²) in [7, 11) is 0. The Morgan fingerprint density at radius 2 is 2.25 bits per heavy atom. The number of fused-ring (bicyclic) bond motifs is 1. The van der Waals surface area contributed by atoms with Crippen LogP contribution in [0.1, 0.15) is 29.3 Å². The molecule has 3 aliphatic rings. The van der Waals surface area contributed by atoms with E-state index in [4.69, 9.17) is 15.7 Å². The number of rotatable bonds is 3. The van der Waals surface area contributed by atoms with Crippen LogP contribution in [-0.4, -0.2) is 39.0 Å². The second kappa shape index (κ2) is 5.42. The van der Waals surface area contributed by atoms with E-state index in [1.165, 1.54) is 23.4 Å². The standard InChI is InChI=1S/C16H18N6S2/c17-14-21-16(13-5-18-9-24-13)8-22(6-11(16)7-23-14)15-19-4-3-12(20-15)10-1-2-10/h3-5,9-11H,1-2,6-8H2,(H2,17,21)/t11-,16-/m0/s1. The van der Waals surface area contributed by atoms with E-state index in [-0.39, 0.29) is 5.54 Å². The van der Waals surface area contributed by atoms with Gasteiger partial charge in [0.1, 0.15) is 5.54 Å². The third-order valence-corrected chi connectivity index (χ3v) is 6.99. The maximum atomic E-state index is 6.09. The highest BCUT2D eigenvalue weighted by Gasteiger charge is 2.51. The molecular weight excluding hydrogens is 340 g/mol. The zero-order valence-corrected chi connectivity index (χ0v) is 14.8. The number of amidine groups is 1. The second-order valence-corrected chi connectivity index (χ2v) is 8.61. The predicted octanol–water partition coefficient (Wildman–Crippen LogP) is 2.20. The van der Waals surface area contributed by atoms with Gasteiger partial charge in [0.15, 0.2) is 5.17 Å². The number of anilines is 1. The number of aliphatic imine (C=N–C) groups is 1. The number of nitrogens with zero attached hydrogens (tertiary/aromatic N) is 5. The quantitative estimate of drug-likeness (QED) is 0.906. The lowest BCUT2D eigenvalue weighted by Crippen LogP contribution is -2.39. The molecule has 2 aliphatic heterocycles. The van der Waals surface area contributed by atoms with Crippen LogP contribution in [0.5, 0.6) is 0 Å². The lowest BCUT2D eigenvalue weighted by atomic mass is 9.87. The third-order valence-electron chi connectivity index (χ3n) is 5.09. The van der Waals surface area contributed by atoms with E-state index in [9.17, 15) is 0 Å². The molecule has 1 saturated carbocycles. The fourth-order valence-electron chi connectivity index (χ4n) is 3.67. The molecule has 1 saturated heterocycles. The molecule has 0 unspecified atom stereocenters. The van der Waals surface area contributed by atoms with Crippen LogP contribution < -0.4 is 10.6 Å². The maximum Gasteiger partial charge on any atom is 0.225 e. The van der Waals surface area contributed by atoms with E-state index in [2.05, 4.69) is 20.9 Å². The fourth-order valence-corrected chi connectivity index (χ4v) is 5.49. The number of hydrogen-bond donors (Lipinski definition) is 1. The topological polar surface area (TPSA) is 80.3 Å². The Kier molecular flexibility index (Phi) is 3.31. The molecule has 2 fully saturated rings. The molecule has 2 aromatic heterocycles. The van der Waals surface area contributed by atoms with Crippen LogP contribution in [0, 0.1) is 5.92 Å². The van der Waals surface area contributed by atoms with Crippen molar-refractivity contribution in [1.82, 2.24) is 15.0 Å². The highest BCUT2D eigenvalue weighted by molar-refractivity contribution is 8.13. The van der Waals surface area contributed by atoms with Crippen LogP contribution in [0.2, 0.25) is 0 Å². The molecule has 4 heterocycles. The van der Waals surface area contributed by atoms with Gasteiger partial charge in [0.05, 0.1) is 16.9 Å². The Labute approximate surface area is 148 Å². The first kappa shape index (κ1) is 14.7. The first-order valence-corrected chi connectivity index (χ1v) is 10.1. The van der Waals surface area contributed by atoms with Crippen LogP contribution in [0.25, 0.3) is 0 Å². The number of thiazole rings is 1. The van der Waals surface area contributed by atoms with Gasteiger partial charge in [-0.05, 0) is 18.9 Å². The van der Waals surface area contributed by atoms with Gasteiger partial charge < -0.3 is 10.6 Å². The zero-order valence-electron chi connectivity index (χ0n) is 13.1. The molecule has 1 aliphatic carbocycles. The van der Waals surface area contributed by atoms with Gasteiger partial charge in [-0.1, -0.05) is 11.8 Å². The Morgan fingerprint density at radius 1 is 1.33 bits per heavy atom. The van der Waals surface area contributed by atoms with Crippen molar-refractivity contribution in [3.05, 3.63) is 34.5 Å². The monoisotopic (exact) mass is 358 g/mol. The van der Waals surface area contributed by atoms with E-state index in [1.807, 2.05) is 17.9 Å². The van der Waals surface area contributed by atoms with Crippen molar-refractivity contribution in [3.63, 3.8) is 0 Å². The molecule has 0 amide bonds. The SMILES string of the molecule is NC1=N[C@@]2(c3cncs3)CN(c3nccc(C4CC4)n3)C[C@H]2CS1. The number of aromatic nitrogens is 3. The first-order chi connectivity index (χ1) is 11.7. The summed E-state index contributed by atoms with van der Waals surface area (Å²) in [5.41, 5.74) is 8.85. The summed E-state index contributed by atoms with van der Waals surface area (Å²) >= 11 is 3.31. The van der Waals surface area contributed by atoms with Crippen LogP contribution in [0.4, 0.5) is 5.95 Å². The van der Waals surface area contributed by atoms with E-state index in [1.54, 1.807) is 23.1 Å². The second-order valence-electron chi connectivity index (χ2n) is 6.68. The molecule has 0 radical (unpaired) electrons. The molecule has 2 aromatic rings. The van der Waals surface area contributed by atoms with Gasteiger partial charge in [-0.2, -0.15) is 0 Å². The summed E-state index contributed by atoms with van der Waals surface area (Å²) in [6, 6.07) is 2.05. The average Bonchev–Trinajstić information content (AvgIpc) is 3.15. The predicted molar refractivity (Wildman–Crippen MR) is 97.6 cm³/mol. The van der Waals surface area contributed by atoms with Crippen molar-refractivity contribution < 1.29 is 0 Å². The Morgan fingerprint density at radius 3 is 3.04 bits per heavy atom. The van der Waals surface area contributed by atoms with Gasteiger partial charge in [0, 0.05) is 42.2 Å². The molecule has 2 N–H and O–H groups in total. The van der Waals surface area contributed by atoms with Gasteiger partial charge in [-0.25, -0.2) is 15.0 Å². The maximum absolute atomic E-state index is 6.09. The summed E-state index contributed by atoms with van der Waals surface area (Å²) in [5, 5.41) is 0.675. The Hall–Kier alpha value is -1.67. The van der Waals surface area contributed by atoms with Crippen molar-refractivity contribution in [2.45, 2.75) is 24.3 Å². The van der Waals surface area contributed by atoms with Crippen LogP contribution in [0.3, 0.4) is 0 Å². The minimum Gasteiger partial charge on any atom is -0.379 e. The largest absolute Gasteiger partial charge is 0.379 e. The smallest absolute Gasteiger partial charge is 0.225 e. The molecule has 5 rings (SSSR count). The summed E-state index contributed by atoms with van der Waals surface area (Å²) in [6.45, 7) is 1.69. The molecule has 0 bridgehead atoms. The lowest BCUT2D eigenvalue weighted by Gasteiger charge is -2.32. The van der Waals surface area contributed by atoms with Crippen LogP contribution in [-0.2, 0) is 5.54 Å². The van der Waals surface area contributed by atoms with Gasteiger partial charge in [-0.3, -0.25) is 4.98 Å². The number of thioether (sulfide) groups is 1. The fraction of sp³-hybridized carbons (Fsp3) is 0.500. The Balaban J connectivity index is 1.52. The van der Waals surface area contributed by atoms with E-state index in [0.29, 0.717) is 17.0 Å². The van der Waals surface area contributed by atoms with Crippen molar-refractivity contribution in [1.29, 1.82) is 0 Å². The highest BCUT2D eigenvalue weighted by atomic mass is 32.2. The molecule has 24 heavy (non-hydrogen) atoms. The molecule has 0 aromatic carbocycles. The van der Waals surface area contributed by atoms with E-state index >= 15 is 0 Å². The first-order valence-electron chi connectivity index (χ1n) is 8.19. The molecule has 2 atom stereocenters. The molecule has 6 nitrogen and oxygen atoms in total. The third kappa shape index (κ3) is 2.31. The summed E-state index contributed by atoms with van der Waals surface area (Å²) in [5.74, 6) is 2.85. The molecule has 0 spiro atoms. The molecular formula is C16H18N6S2. The van der Waals surface area contributed by atoms with Gasteiger partial charge >= 0.3 is 0 Å². The van der Waals surface area contributed by atoms with Crippen molar-refractivity contribution in [2.24, 2.45) is 16.6 Å². The number of nitrogens with two attached hydrogens (primary N) is 1. The minimum absolute atomic E-state index is 0.296. The van der Waals surface area contributed by atoms with E-state index < -0.39 is 0 Å². The van der Waals surface area contributed by atoms with Crippen molar-refractivity contribution in [2.75, 3.05) is 23.7 Å². The van der Waals surface area contributed by atoms with Gasteiger partial charge in [0.25, 0.3) is 0 Å². The van der Waals surface area contributed by atoms with E-state index in [0.717, 1.165) is 24.8 Å². The van der Waals surface area contributed by atoms with Gasteiger partial charge in [-0.15, -0.1) is 11.3 Å².